The van der Waals surface area contributed by atoms with Gasteiger partial charge in [-0.25, -0.2) is 4.52 Å². The van der Waals surface area contributed by atoms with Crippen molar-refractivity contribution in [2.24, 2.45) is 5.92 Å². The first-order valence-corrected chi connectivity index (χ1v) is 11.8. The summed E-state index contributed by atoms with van der Waals surface area (Å²) in [6, 6.07) is 15.6. The van der Waals surface area contributed by atoms with Gasteiger partial charge in [-0.15, -0.1) is 0 Å². The number of amides is 1. The van der Waals surface area contributed by atoms with Crippen LogP contribution in [0.15, 0.2) is 73.3 Å². The second kappa shape index (κ2) is 10.6. The maximum Gasteiger partial charge on any atom is 0.254 e. The van der Waals surface area contributed by atoms with Gasteiger partial charge in [0.1, 0.15) is 5.75 Å². The molecule has 3 aromatic heterocycles. The first kappa shape index (κ1) is 22.9. The van der Waals surface area contributed by atoms with Crippen LogP contribution in [0, 0.1) is 5.92 Å². The van der Waals surface area contributed by atoms with E-state index in [-0.39, 0.29) is 11.8 Å². The van der Waals surface area contributed by atoms with Crippen molar-refractivity contribution in [3.63, 3.8) is 0 Å². The number of carbonyl (C=O) groups is 1. The van der Waals surface area contributed by atoms with Crippen LogP contribution >= 0.6 is 0 Å². The monoisotopic (exact) mass is 471 g/mol. The number of anilines is 1. The van der Waals surface area contributed by atoms with Crippen LogP contribution in [0.25, 0.3) is 5.52 Å². The molecule has 4 aromatic rings. The molecule has 1 N–H and O–H groups in total. The van der Waals surface area contributed by atoms with Crippen molar-refractivity contribution in [2.45, 2.75) is 13.0 Å². The van der Waals surface area contributed by atoms with E-state index in [2.05, 4.69) is 21.5 Å². The third kappa shape index (κ3) is 5.27. The van der Waals surface area contributed by atoms with Crippen LogP contribution < -0.4 is 10.1 Å². The molecule has 1 amide bonds. The molecule has 8 heteroatoms. The predicted octanol–water partition coefficient (Wildman–Crippen LogP) is 3.68. The van der Waals surface area contributed by atoms with Crippen LogP contribution in [0.1, 0.15) is 21.5 Å². The van der Waals surface area contributed by atoms with Crippen LogP contribution in [0.5, 0.6) is 5.75 Å². The molecule has 0 spiro atoms. The Balaban J connectivity index is 1.31. The number of ether oxygens (including phenoxy) is 2. The van der Waals surface area contributed by atoms with Gasteiger partial charge >= 0.3 is 0 Å². The number of fused-ring (bicyclic) bond motifs is 1. The van der Waals surface area contributed by atoms with Crippen LogP contribution in [0.2, 0.25) is 0 Å². The lowest BCUT2D eigenvalue weighted by atomic mass is 9.99. The third-order valence-corrected chi connectivity index (χ3v) is 6.31. The van der Waals surface area contributed by atoms with Crippen molar-refractivity contribution in [3.05, 3.63) is 90.0 Å². The Hall–Kier alpha value is -3.91. The van der Waals surface area contributed by atoms with Gasteiger partial charge in [0.2, 0.25) is 0 Å². The molecule has 1 fully saturated rings. The number of hydrogen-bond donors (Lipinski definition) is 1. The molecule has 1 aliphatic rings. The Bertz CT molecular complexity index is 1290. The second-order valence-corrected chi connectivity index (χ2v) is 8.72. The molecular weight excluding hydrogens is 442 g/mol. The van der Waals surface area contributed by atoms with Crippen molar-refractivity contribution in [1.29, 1.82) is 0 Å². The summed E-state index contributed by atoms with van der Waals surface area (Å²) in [5.41, 5.74) is 4.75. The average molecular weight is 472 g/mol. The van der Waals surface area contributed by atoms with Gasteiger partial charge in [0.05, 0.1) is 31.5 Å². The largest absolute Gasteiger partial charge is 0.495 e. The Morgan fingerprint density at radius 2 is 2.14 bits per heavy atom. The van der Waals surface area contributed by atoms with E-state index in [1.807, 2.05) is 70.5 Å². The summed E-state index contributed by atoms with van der Waals surface area (Å²) < 4.78 is 13.3. The summed E-state index contributed by atoms with van der Waals surface area (Å²) in [5, 5.41) is 7.71. The molecule has 180 valence electrons. The molecule has 0 radical (unpaired) electrons. The van der Waals surface area contributed by atoms with E-state index in [0.29, 0.717) is 44.2 Å². The number of rotatable bonds is 7. The molecule has 8 nitrogen and oxygen atoms in total. The Morgan fingerprint density at radius 3 is 3.00 bits per heavy atom. The van der Waals surface area contributed by atoms with Crippen molar-refractivity contribution >= 4 is 17.1 Å². The molecule has 1 atom stereocenters. The Morgan fingerprint density at radius 1 is 1.20 bits per heavy atom. The van der Waals surface area contributed by atoms with Crippen LogP contribution in [0.3, 0.4) is 0 Å². The summed E-state index contributed by atoms with van der Waals surface area (Å²) in [6.07, 6.45) is 8.14. The minimum Gasteiger partial charge on any atom is -0.495 e. The Labute approximate surface area is 204 Å². The van der Waals surface area contributed by atoms with Gasteiger partial charge < -0.3 is 19.7 Å². The first-order valence-electron chi connectivity index (χ1n) is 11.8. The normalized spacial score (nSPS) is 16.1. The highest BCUT2D eigenvalue weighted by molar-refractivity contribution is 5.95. The van der Waals surface area contributed by atoms with Crippen molar-refractivity contribution in [2.75, 3.05) is 38.7 Å². The zero-order chi connectivity index (χ0) is 24.0. The minimum absolute atomic E-state index is 0.00450. The second-order valence-electron chi connectivity index (χ2n) is 8.72. The summed E-state index contributed by atoms with van der Waals surface area (Å²) >= 11 is 0. The molecule has 35 heavy (non-hydrogen) atoms. The maximum absolute atomic E-state index is 13.5. The topological polar surface area (TPSA) is 81.0 Å². The van der Waals surface area contributed by atoms with Crippen LogP contribution in [-0.2, 0) is 17.7 Å². The van der Waals surface area contributed by atoms with Crippen molar-refractivity contribution < 1.29 is 14.3 Å². The van der Waals surface area contributed by atoms with Gasteiger partial charge in [-0.3, -0.25) is 9.78 Å². The van der Waals surface area contributed by atoms with Gasteiger partial charge in [-0.1, -0.05) is 12.1 Å². The van der Waals surface area contributed by atoms with E-state index >= 15 is 0 Å². The zero-order valence-electron chi connectivity index (χ0n) is 19.8. The zero-order valence-corrected chi connectivity index (χ0v) is 19.8. The predicted molar refractivity (Wildman–Crippen MR) is 134 cm³/mol. The van der Waals surface area contributed by atoms with E-state index in [1.165, 1.54) is 5.56 Å². The number of carbonyl (C=O) groups excluding carboxylic acids is 1. The standard InChI is InChI=1S/C27H29N5O3/c1-34-26-7-6-23(15-24(26)29-17-20-4-2-9-28-16-20)27(33)31-12-13-35-19-21(18-31)14-22-5-3-11-32-25(22)8-10-30-32/h2-11,15-16,21,29H,12-14,17-19H2,1H3/t21-/m1/s1. The molecule has 0 aliphatic carbocycles. The fraction of sp³-hybridized carbons (Fsp3) is 0.296. The Kier molecular flexibility index (Phi) is 6.90. The van der Waals surface area contributed by atoms with E-state index in [4.69, 9.17) is 9.47 Å². The number of pyridine rings is 2. The van der Waals surface area contributed by atoms with Crippen molar-refractivity contribution in [1.82, 2.24) is 19.5 Å². The molecule has 1 saturated heterocycles. The lowest BCUT2D eigenvalue weighted by molar-refractivity contribution is 0.0737. The fourth-order valence-electron chi connectivity index (χ4n) is 4.55. The molecule has 5 rings (SSSR count). The smallest absolute Gasteiger partial charge is 0.254 e. The third-order valence-electron chi connectivity index (χ3n) is 6.31. The number of methoxy groups -OCH3 is 1. The van der Waals surface area contributed by atoms with Crippen molar-refractivity contribution in [3.8, 4) is 5.75 Å². The van der Waals surface area contributed by atoms with Gasteiger partial charge in [0.25, 0.3) is 5.91 Å². The number of hydrogen-bond acceptors (Lipinski definition) is 6. The van der Waals surface area contributed by atoms with E-state index in [0.717, 1.165) is 23.2 Å². The highest BCUT2D eigenvalue weighted by atomic mass is 16.5. The number of benzene rings is 1. The molecule has 1 aliphatic heterocycles. The lowest BCUT2D eigenvalue weighted by Crippen LogP contribution is -2.36. The van der Waals surface area contributed by atoms with Crippen LogP contribution in [-0.4, -0.2) is 58.8 Å². The fourth-order valence-corrected chi connectivity index (χ4v) is 4.55. The molecule has 4 heterocycles. The molecular formula is C27H29N5O3. The highest BCUT2D eigenvalue weighted by Gasteiger charge is 2.25. The quantitative estimate of drug-likeness (QED) is 0.443. The van der Waals surface area contributed by atoms with E-state index in [1.54, 1.807) is 13.3 Å². The number of aromatic nitrogens is 3. The van der Waals surface area contributed by atoms with Gasteiger partial charge in [-0.05, 0) is 53.9 Å². The molecule has 0 bridgehead atoms. The SMILES string of the molecule is COc1ccc(C(=O)N2CCOC[C@H](Cc3cccn4nccc34)C2)cc1NCc1cccnc1. The van der Waals surface area contributed by atoms with Gasteiger partial charge in [0.15, 0.2) is 0 Å². The number of nitrogens with one attached hydrogen (secondary N) is 1. The highest BCUT2D eigenvalue weighted by Crippen LogP contribution is 2.27. The van der Waals surface area contributed by atoms with E-state index < -0.39 is 0 Å². The summed E-state index contributed by atoms with van der Waals surface area (Å²) in [6.45, 7) is 2.94. The summed E-state index contributed by atoms with van der Waals surface area (Å²) in [4.78, 5) is 19.6. The summed E-state index contributed by atoms with van der Waals surface area (Å²) in [5.74, 6) is 0.885. The lowest BCUT2D eigenvalue weighted by Gasteiger charge is -2.24. The maximum atomic E-state index is 13.5. The molecule has 0 unspecified atom stereocenters. The summed E-state index contributed by atoms with van der Waals surface area (Å²) in [7, 11) is 1.63. The van der Waals surface area contributed by atoms with Crippen LogP contribution in [0.4, 0.5) is 5.69 Å². The number of nitrogens with zero attached hydrogens (tertiary/aromatic N) is 4. The van der Waals surface area contributed by atoms with E-state index in [9.17, 15) is 4.79 Å². The molecule has 0 saturated carbocycles. The van der Waals surface area contributed by atoms with Gasteiger partial charge in [0, 0.05) is 55.9 Å². The minimum atomic E-state index is -0.00450. The average Bonchev–Trinajstić information content (AvgIpc) is 3.27. The molecule has 1 aromatic carbocycles. The first-order chi connectivity index (χ1) is 17.2. The van der Waals surface area contributed by atoms with Gasteiger partial charge in [-0.2, -0.15) is 5.10 Å².